The zero-order chi connectivity index (χ0) is 19.0. The summed E-state index contributed by atoms with van der Waals surface area (Å²) >= 11 is 0. The van der Waals surface area contributed by atoms with Crippen LogP contribution in [0.2, 0.25) is 0 Å². The van der Waals surface area contributed by atoms with Gasteiger partial charge < -0.3 is 20.6 Å². The standard InChI is InChI=1S/C20H23NO5/c22-12-20(13-23,14-24)21-19(26)11-10-18(25)17-8-6-16(7-9-17)15-4-2-1-3-5-15/h1-9,22-24H,10-14H2,(H,21,26). The van der Waals surface area contributed by atoms with E-state index in [0.29, 0.717) is 5.56 Å². The van der Waals surface area contributed by atoms with E-state index in [1.165, 1.54) is 0 Å². The van der Waals surface area contributed by atoms with Crippen LogP contribution < -0.4 is 5.32 Å². The second-order valence-corrected chi connectivity index (χ2v) is 6.17. The number of carbonyl (C=O) groups is 2. The van der Waals surface area contributed by atoms with Crippen LogP contribution in [0.1, 0.15) is 23.2 Å². The van der Waals surface area contributed by atoms with Gasteiger partial charge in [-0.2, -0.15) is 0 Å². The molecule has 0 aromatic heterocycles. The van der Waals surface area contributed by atoms with Gasteiger partial charge in [0.2, 0.25) is 5.91 Å². The smallest absolute Gasteiger partial charge is 0.221 e. The number of aliphatic hydroxyl groups is 3. The fourth-order valence-electron chi connectivity index (χ4n) is 2.48. The number of hydrogen-bond acceptors (Lipinski definition) is 5. The van der Waals surface area contributed by atoms with Gasteiger partial charge in [0.25, 0.3) is 0 Å². The molecule has 6 heteroatoms. The van der Waals surface area contributed by atoms with E-state index in [9.17, 15) is 24.9 Å². The maximum atomic E-state index is 12.2. The number of hydrogen-bond donors (Lipinski definition) is 4. The van der Waals surface area contributed by atoms with Crippen molar-refractivity contribution in [3.05, 3.63) is 60.2 Å². The number of carbonyl (C=O) groups excluding carboxylic acids is 2. The molecule has 26 heavy (non-hydrogen) atoms. The number of rotatable bonds is 9. The van der Waals surface area contributed by atoms with Crippen LogP contribution in [-0.2, 0) is 4.79 Å². The van der Waals surface area contributed by atoms with Gasteiger partial charge in [0, 0.05) is 18.4 Å². The zero-order valence-corrected chi connectivity index (χ0v) is 14.4. The Morgan fingerprint density at radius 1 is 0.769 bits per heavy atom. The molecule has 138 valence electrons. The summed E-state index contributed by atoms with van der Waals surface area (Å²) in [6, 6.07) is 17.0. The Hall–Kier alpha value is -2.54. The van der Waals surface area contributed by atoms with Crippen molar-refractivity contribution in [3.8, 4) is 11.1 Å². The number of aliphatic hydroxyl groups excluding tert-OH is 3. The first-order chi connectivity index (χ1) is 12.5. The van der Waals surface area contributed by atoms with E-state index in [4.69, 9.17) is 0 Å². The molecule has 0 aliphatic heterocycles. The van der Waals surface area contributed by atoms with E-state index >= 15 is 0 Å². The first-order valence-electron chi connectivity index (χ1n) is 8.36. The SMILES string of the molecule is O=C(CCC(=O)c1ccc(-c2ccccc2)cc1)NC(CO)(CO)CO. The van der Waals surface area contributed by atoms with Crippen LogP contribution in [0.25, 0.3) is 11.1 Å². The fourth-order valence-corrected chi connectivity index (χ4v) is 2.48. The molecule has 0 unspecified atom stereocenters. The summed E-state index contributed by atoms with van der Waals surface area (Å²) in [6.45, 7) is -1.79. The molecule has 0 saturated heterocycles. The van der Waals surface area contributed by atoms with E-state index in [1.807, 2.05) is 42.5 Å². The predicted molar refractivity (Wildman–Crippen MR) is 97.6 cm³/mol. The summed E-state index contributed by atoms with van der Waals surface area (Å²) in [5, 5.41) is 30.0. The molecule has 0 heterocycles. The molecule has 1 amide bonds. The van der Waals surface area contributed by atoms with Gasteiger partial charge in [0.05, 0.1) is 19.8 Å². The molecule has 0 aliphatic rings. The highest BCUT2D eigenvalue weighted by atomic mass is 16.3. The van der Waals surface area contributed by atoms with Gasteiger partial charge in [-0.3, -0.25) is 9.59 Å². The van der Waals surface area contributed by atoms with Crippen LogP contribution in [0, 0.1) is 0 Å². The third-order valence-corrected chi connectivity index (χ3v) is 4.21. The highest BCUT2D eigenvalue weighted by Gasteiger charge is 2.29. The van der Waals surface area contributed by atoms with Crippen molar-refractivity contribution in [2.45, 2.75) is 18.4 Å². The molecular weight excluding hydrogens is 334 g/mol. The van der Waals surface area contributed by atoms with Crippen LogP contribution in [0.4, 0.5) is 0 Å². The Bertz CT molecular complexity index is 715. The summed E-state index contributed by atoms with van der Waals surface area (Å²) in [6.07, 6.45) is -0.101. The van der Waals surface area contributed by atoms with Crippen molar-refractivity contribution in [2.75, 3.05) is 19.8 Å². The molecule has 0 aliphatic carbocycles. The monoisotopic (exact) mass is 357 g/mol. The van der Waals surface area contributed by atoms with Crippen LogP contribution in [-0.4, -0.2) is 52.4 Å². The van der Waals surface area contributed by atoms with E-state index < -0.39 is 31.3 Å². The van der Waals surface area contributed by atoms with Gasteiger partial charge in [-0.1, -0.05) is 54.6 Å². The lowest BCUT2D eigenvalue weighted by atomic mass is 10.00. The van der Waals surface area contributed by atoms with E-state index in [-0.39, 0.29) is 18.6 Å². The number of benzene rings is 2. The average Bonchev–Trinajstić information content (AvgIpc) is 2.71. The number of ketones is 1. The predicted octanol–water partition coefficient (Wildman–Crippen LogP) is 1.15. The van der Waals surface area contributed by atoms with Crippen molar-refractivity contribution in [1.29, 1.82) is 0 Å². The molecule has 0 radical (unpaired) electrons. The molecular formula is C20H23NO5. The lowest BCUT2D eigenvalue weighted by Gasteiger charge is -2.28. The Balaban J connectivity index is 1.93. The molecule has 4 N–H and O–H groups in total. The van der Waals surface area contributed by atoms with Gasteiger partial charge in [-0.25, -0.2) is 0 Å². The van der Waals surface area contributed by atoms with Gasteiger partial charge in [0.1, 0.15) is 5.54 Å². The summed E-state index contributed by atoms with van der Waals surface area (Å²) < 4.78 is 0. The Morgan fingerprint density at radius 2 is 1.31 bits per heavy atom. The quantitative estimate of drug-likeness (QED) is 0.504. The second-order valence-electron chi connectivity index (χ2n) is 6.17. The fraction of sp³-hybridized carbons (Fsp3) is 0.300. The molecule has 2 rings (SSSR count). The van der Waals surface area contributed by atoms with Crippen molar-refractivity contribution < 1.29 is 24.9 Å². The highest BCUT2D eigenvalue weighted by molar-refractivity contribution is 5.98. The molecule has 0 bridgehead atoms. The molecule has 2 aromatic rings. The summed E-state index contributed by atoms with van der Waals surface area (Å²) in [4.78, 5) is 24.2. The molecule has 0 atom stereocenters. The third-order valence-electron chi connectivity index (χ3n) is 4.21. The largest absolute Gasteiger partial charge is 0.394 e. The average molecular weight is 357 g/mol. The normalized spacial score (nSPS) is 11.2. The lowest BCUT2D eigenvalue weighted by Crippen LogP contribution is -2.57. The van der Waals surface area contributed by atoms with Crippen molar-refractivity contribution in [2.24, 2.45) is 0 Å². The Labute approximate surface area is 152 Å². The lowest BCUT2D eigenvalue weighted by molar-refractivity contribution is -0.125. The number of nitrogens with one attached hydrogen (secondary N) is 1. The zero-order valence-electron chi connectivity index (χ0n) is 14.4. The van der Waals surface area contributed by atoms with Crippen LogP contribution in [0.5, 0.6) is 0 Å². The van der Waals surface area contributed by atoms with Crippen LogP contribution >= 0.6 is 0 Å². The molecule has 0 spiro atoms. The third kappa shape index (κ3) is 4.98. The van der Waals surface area contributed by atoms with Gasteiger partial charge in [0.15, 0.2) is 5.78 Å². The van der Waals surface area contributed by atoms with Gasteiger partial charge >= 0.3 is 0 Å². The van der Waals surface area contributed by atoms with Crippen molar-refractivity contribution >= 4 is 11.7 Å². The minimum Gasteiger partial charge on any atom is -0.394 e. The first kappa shape index (κ1) is 19.8. The summed E-state index contributed by atoms with van der Waals surface area (Å²) in [5.41, 5.74) is 1.09. The minimum atomic E-state index is -1.47. The topological polar surface area (TPSA) is 107 Å². The molecule has 0 fully saturated rings. The van der Waals surface area contributed by atoms with E-state index in [0.717, 1.165) is 11.1 Å². The number of amides is 1. The molecule has 0 saturated carbocycles. The minimum absolute atomic E-state index is 0.00508. The van der Waals surface area contributed by atoms with Gasteiger partial charge in [-0.05, 0) is 11.1 Å². The summed E-state index contributed by atoms with van der Waals surface area (Å²) in [5.74, 6) is -0.696. The van der Waals surface area contributed by atoms with Crippen molar-refractivity contribution in [1.82, 2.24) is 5.32 Å². The van der Waals surface area contributed by atoms with E-state index in [2.05, 4.69) is 5.32 Å². The van der Waals surface area contributed by atoms with Crippen LogP contribution in [0.15, 0.2) is 54.6 Å². The first-order valence-corrected chi connectivity index (χ1v) is 8.36. The van der Waals surface area contributed by atoms with Gasteiger partial charge in [-0.15, -0.1) is 0 Å². The van der Waals surface area contributed by atoms with Crippen molar-refractivity contribution in [3.63, 3.8) is 0 Å². The summed E-state index contributed by atoms with van der Waals surface area (Å²) in [7, 11) is 0. The van der Waals surface area contributed by atoms with Crippen LogP contribution in [0.3, 0.4) is 0 Å². The Kier molecular flexibility index (Phi) is 7.03. The van der Waals surface area contributed by atoms with E-state index in [1.54, 1.807) is 12.1 Å². The maximum absolute atomic E-state index is 12.2. The highest BCUT2D eigenvalue weighted by Crippen LogP contribution is 2.20. The molecule has 2 aromatic carbocycles. The number of Topliss-reactive ketones (excluding diaryl/α,β-unsaturated/α-hetero) is 1. The Morgan fingerprint density at radius 3 is 1.85 bits per heavy atom. The second kappa shape index (κ2) is 9.24. The maximum Gasteiger partial charge on any atom is 0.221 e. The molecule has 6 nitrogen and oxygen atoms in total.